The van der Waals surface area contributed by atoms with Crippen molar-refractivity contribution in [3.63, 3.8) is 0 Å². The molecule has 0 aliphatic rings. The second-order valence-electron chi connectivity index (χ2n) is 4.10. The highest BCUT2D eigenvalue weighted by Crippen LogP contribution is 2.26. The zero-order valence-corrected chi connectivity index (χ0v) is 11.0. The van der Waals surface area contributed by atoms with Crippen molar-refractivity contribution in [1.82, 2.24) is 5.32 Å². The molecule has 2 aromatic carbocycles. The molecule has 0 bridgehead atoms. The molecule has 0 radical (unpaired) electrons. The van der Waals surface area contributed by atoms with E-state index in [1.165, 1.54) is 6.07 Å². The number of rotatable bonds is 4. The number of hydrogen-bond donors (Lipinski definition) is 1. The highest BCUT2D eigenvalue weighted by molar-refractivity contribution is 6.30. The van der Waals surface area contributed by atoms with Crippen molar-refractivity contribution >= 4 is 11.6 Å². The van der Waals surface area contributed by atoms with E-state index in [2.05, 4.69) is 5.32 Å². The van der Waals surface area contributed by atoms with Crippen molar-refractivity contribution in [3.05, 3.63) is 58.9 Å². The van der Waals surface area contributed by atoms with Crippen LogP contribution in [0.5, 0.6) is 0 Å². The van der Waals surface area contributed by atoms with Gasteiger partial charge in [0.25, 0.3) is 0 Å². The Kier molecular flexibility index (Phi) is 4.34. The average Bonchev–Trinajstić information content (AvgIpc) is 2.38. The summed E-state index contributed by atoms with van der Waals surface area (Å²) in [5, 5.41) is 3.84. The molecule has 3 heteroatoms. The molecule has 0 saturated heterocycles. The van der Waals surface area contributed by atoms with Crippen LogP contribution in [-0.2, 0) is 6.54 Å². The lowest BCUT2D eigenvalue weighted by molar-refractivity contribution is 0.629. The summed E-state index contributed by atoms with van der Waals surface area (Å²) in [5.41, 5.74) is 2.46. The lowest BCUT2D eigenvalue weighted by atomic mass is 10.0. The third-order valence-corrected chi connectivity index (χ3v) is 2.98. The minimum Gasteiger partial charge on any atom is -0.313 e. The van der Waals surface area contributed by atoms with E-state index in [0.29, 0.717) is 10.6 Å². The van der Waals surface area contributed by atoms with Crippen LogP contribution in [0.1, 0.15) is 12.5 Å². The highest BCUT2D eigenvalue weighted by Gasteiger charge is 2.06. The summed E-state index contributed by atoms with van der Waals surface area (Å²) in [6, 6.07) is 12.4. The Balaban J connectivity index is 2.37. The molecule has 0 aliphatic carbocycles. The first-order valence-corrected chi connectivity index (χ1v) is 6.33. The maximum Gasteiger partial charge on any atom is 0.131 e. The Morgan fingerprint density at radius 3 is 2.72 bits per heavy atom. The van der Waals surface area contributed by atoms with E-state index in [-0.39, 0.29) is 5.82 Å². The Morgan fingerprint density at radius 1 is 1.17 bits per heavy atom. The maximum absolute atomic E-state index is 13.8. The predicted octanol–water partition coefficient (Wildman–Crippen LogP) is 4.26. The van der Waals surface area contributed by atoms with Gasteiger partial charge in [-0.1, -0.05) is 36.7 Å². The molecule has 2 rings (SSSR count). The van der Waals surface area contributed by atoms with Gasteiger partial charge in [-0.05, 0) is 41.9 Å². The number of halogens is 2. The first-order chi connectivity index (χ1) is 8.70. The summed E-state index contributed by atoms with van der Waals surface area (Å²) in [6.07, 6.45) is 0. The van der Waals surface area contributed by atoms with Crippen LogP contribution in [0.25, 0.3) is 11.1 Å². The summed E-state index contributed by atoms with van der Waals surface area (Å²) in [4.78, 5) is 0. The van der Waals surface area contributed by atoms with Gasteiger partial charge in [-0.15, -0.1) is 0 Å². The molecule has 0 aromatic heterocycles. The second kappa shape index (κ2) is 5.98. The molecule has 0 spiro atoms. The van der Waals surface area contributed by atoms with E-state index in [1.54, 1.807) is 18.2 Å². The molecule has 1 nitrogen and oxygen atoms in total. The van der Waals surface area contributed by atoms with Crippen molar-refractivity contribution in [1.29, 1.82) is 0 Å². The Labute approximate surface area is 112 Å². The number of benzene rings is 2. The third-order valence-electron chi connectivity index (χ3n) is 2.75. The smallest absolute Gasteiger partial charge is 0.131 e. The monoisotopic (exact) mass is 263 g/mol. The molecule has 0 atom stereocenters. The average molecular weight is 264 g/mol. The molecule has 0 unspecified atom stereocenters. The van der Waals surface area contributed by atoms with E-state index in [1.807, 2.05) is 25.1 Å². The van der Waals surface area contributed by atoms with Crippen LogP contribution in [-0.4, -0.2) is 6.54 Å². The second-order valence-corrected chi connectivity index (χ2v) is 4.54. The minimum absolute atomic E-state index is 0.225. The van der Waals surface area contributed by atoms with Gasteiger partial charge in [-0.2, -0.15) is 0 Å². The first kappa shape index (κ1) is 13.1. The van der Waals surface area contributed by atoms with Crippen molar-refractivity contribution in [3.8, 4) is 11.1 Å². The Bertz CT molecular complexity index is 540. The van der Waals surface area contributed by atoms with Gasteiger partial charge in [0.05, 0.1) is 0 Å². The zero-order chi connectivity index (χ0) is 13.0. The fraction of sp³-hybridized carbons (Fsp3) is 0.200. The van der Waals surface area contributed by atoms with Crippen LogP contribution in [0.3, 0.4) is 0 Å². The SMILES string of the molecule is CCNCc1ccc(F)c(-c2cccc(Cl)c2)c1. The lowest BCUT2D eigenvalue weighted by Gasteiger charge is -2.08. The van der Waals surface area contributed by atoms with Crippen molar-refractivity contribution < 1.29 is 4.39 Å². The van der Waals surface area contributed by atoms with Gasteiger partial charge in [0.2, 0.25) is 0 Å². The maximum atomic E-state index is 13.8. The fourth-order valence-corrected chi connectivity index (χ4v) is 2.02. The molecule has 2 aromatic rings. The van der Waals surface area contributed by atoms with E-state index >= 15 is 0 Å². The fourth-order valence-electron chi connectivity index (χ4n) is 1.83. The Hall–Kier alpha value is -1.38. The molecule has 94 valence electrons. The molecule has 0 saturated carbocycles. The van der Waals surface area contributed by atoms with Crippen LogP contribution in [0, 0.1) is 5.82 Å². The summed E-state index contributed by atoms with van der Waals surface area (Å²) in [5.74, 6) is -0.225. The van der Waals surface area contributed by atoms with E-state index in [4.69, 9.17) is 11.6 Å². The van der Waals surface area contributed by atoms with Crippen LogP contribution in [0.2, 0.25) is 5.02 Å². The van der Waals surface area contributed by atoms with E-state index in [0.717, 1.165) is 24.2 Å². The van der Waals surface area contributed by atoms with Gasteiger partial charge in [-0.3, -0.25) is 0 Å². The number of hydrogen-bond acceptors (Lipinski definition) is 1. The first-order valence-electron chi connectivity index (χ1n) is 5.96. The highest BCUT2D eigenvalue weighted by atomic mass is 35.5. The molecule has 1 N–H and O–H groups in total. The zero-order valence-electron chi connectivity index (χ0n) is 10.2. The third kappa shape index (κ3) is 3.09. The normalized spacial score (nSPS) is 10.6. The minimum atomic E-state index is -0.225. The Morgan fingerprint density at radius 2 is 2.00 bits per heavy atom. The van der Waals surface area contributed by atoms with Gasteiger partial charge in [0.15, 0.2) is 0 Å². The molecule has 0 heterocycles. The molecule has 0 amide bonds. The number of nitrogens with one attached hydrogen (secondary N) is 1. The van der Waals surface area contributed by atoms with Crippen LogP contribution >= 0.6 is 11.6 Å². The van der Waals surface area contributed by atoms with Gasteiger partial charge in [-0.25, -0.2) is 4.39 Å². The van der Waals surface area contributed by atoms with Crippen LogP contribution < -0.4 is 5.32 Å². The molecule has 0 fully saturated rings. The van der Waals surface area contributed by atoms with E-state index in [9.17, 15) is 4.39 Å². The van der Waals surface area contributed by atoms with Gasteiger partial charge in [0.1, 0.15) is 5.82 Å². The molecular formula is C15H15ClFN. The molecular weight excluding hydrogens is 249 g/mol. The van der Waals surface area contributed by atoms with Gasteiger partial charge < -0.3 is 5.32 Å². The quantitative estimate of drug-likeness (QED) is 0.869. The summed E-state index contributed by atoms with van der Waals surface area (Å²) >= 11 is 5.94. The molecule has 18 heavy (non-hydrogen) atoms. The summed E-state index contributed by atoms with van der Waals surface area (Å²) < 4.78 is 13.8. The predicted molar refractivity (Wildman–Crippen MR) is 74.2 cm³/mol. The van der Waals surface area contributed by atoms with Crippen LogP contribution in [0.4, 0.5) is 4.39 Å². The summed E-state index contributed by atoms with van der Waals surface area (Å²) in [6.45, 7) is 3.68. The largest absolute Gasteiger partial charge is 0.313 e. The van der Waals surface area contributed by atoms with Crippen molar-refractivity contribution in [2.45, 2.75) is 13.5 Å². The lowest BCUT2D eigenvalue weighted by Crippen LogP contribution is -2.11. The topological polar surface area (TPSA) is 12.0 Å². The van der Waals surface area contributed by atoms with E-state index < -0.39 is 0 Å². The van der Waals surface area contributed by atoms with Crippen LogP contribution in [0.15, 0.2) is 42.5 Å². The molecule has 0 aliphatic heterocycles. The van der Waals surface area contributed by atoms with Gasteiger partial charge in [0, 0.05) is 17.1 Å². The standard InChI is InChI=1S/C15H15ClFN/c1-2-18-10-11-6-7-15(17)14(8-11)12-4-3-5-13(16)9-12/h3-9,18H,2,10H2,1H3. The van der Waals surface area contributed by atoms with Crippen molar-refractivity contribution in [2.24, 2.45) is 0 Å². The summed E-state index contributed by atoms with van der Waals surface area (Å²) in [7, 11) is 0. The van der Waals surface area contributed by atoms with Gasteiger partial charge >= 0.3 is 0 Å². The van der Waals surface area contributed by atoms with Crippen molar-refractivity contribution in [2.75, 3.05) is 6.54 Å².